The van der Waals surface area contributed by atoms with Gasteiger partial charge in [0.15, 0.2) is 0 Å². The minimum Gasteiger partial charge on any atom is -0.304 e. The Balaban J connectivity index is 2.43. The second-order valence-corrected chi connectivity index (χ2v) is 4.32. The van der Waals surface area contributed by atoms with Crippen LogP contribution in [0.3, 0.4) is 0 Å². The third-order valence-corrected chi connectivity index (χ3v) is 3.10. The van der Waals surface area contributed by atoms with Gasteiger partial charge in [0.2, 0.25) is 0 Å². The lowest BCUT2D eigenvalue weighted by Gasteiger charge is -2.16. The number of fused-ring (bicyclic) bond motifs is 1. The zero-order valence-corrected chi connectivity index (χ0v) is 9.96. The molecule has 1 aromatic carbocycles. The average Bonchev–Trinajstić information content (AvgIpc) is 2.52. The molecule has 0 unspecified atom stereocenters. The van der Waals surface area contributed by atoms with Crippen LogP contribution in [0.5, 0.6) is 0 Å². The number of halogens is 2. The molecule has 3 nitrogen and oxygen atoms in total. The molecule has 0 fully saturated rings. The van der Waals surface area contributed by atoms with Crippen LogP contribution >= 0.6 is 15.9 Å². The Morgan fingerprint density at radius 2 is 2.06 bits per heavy atom. The summed E-state index contributed by atoms with van der Waals surface area (Å²) < 4.78 is 12.8. The molecule has 0 saturated carbocycles. The van der Waals surface area contributed by atoms with Crippen molar-refractivity contribution in [3.63, 3.8) is 0 Å². The van der Waals surface area contributed by atoms with Gasteiger partial charge < -0.3 is 4.90 Å². The fraction of sp³-hybridized carbons (Fsp3) is 0.273. The molecule has 1 aliphatic rings. The fourth-order valence-electron chi connectivity index (χ4n) is 1.74. The standard InChI is InChI=1S/C11H9BrFNO2/c12-8-4-1-3-7-9(8)14(6-2-5-13)11(16)10(7)15/h1,3-4H,2,5-6H2. The lowest BCUT2D eigenvalue weighted by molar-refractivity contribution is -0.114. The van der Waals surface area contributed by atoms with E-state index in [1.165, 1.54) is 4.90 Å². The highest BCUT2D eigenvalue weighted by Gasteiger charge is 2.36. The van der Waals surface area contributed by atoms with Crippen molar-refractivity contribution in [2.45, 2.75) is 6.42 Å². The van der Waals surface area contributed by atoms with Crippen molar-refractivity contribution in [1.82, 2.24) is 0 Å². The van der Waals surface area contributed by atoms with E-state index in [-0.39, 0.29) is 13.0 Å². The lowest BCUT2D eigenvalue weighted by Crippen LogP contribution is -2.31. The number of nitrogens with zero attached hydrogens (tertiary/aromatic N) is 1. The quantitative estimate of drug-likeness (QED) is 0.800. The molecule has 16 heavy (non-hydrogen) atoms. The normalized spacial score (nSPS) is 14.5. The van der Waals surface area contributed by atoms with Crippen molar-refractivity contribution in [2.24, 2.45) is 0 Å². The highest BCUT2D eigenvalue weighted by Crippen LogP contribution is 2.35. The summed E-state index contributed by atoms with van der Waals surface area (Å²) in [5, 5.41) is 0. The van der Waals surface area contributed by atoms with Crippen LogP contribution in [0.1, 0.15) is 16.8 Å². The Morgan fingerprint density at radius 1 is 1.31 bits per heavy atom. The molecule has 0 aromatic heterocycles. The van der Waals surface area contributed by atoms with Gasteiger partial charge in [-0.1, -0.05) is 6.07 Å². The highest BCUT2D eigenvalue weighted by atomic mass is 79.9. The molecule has 0 N–H and O–H groups in total. The summed E-state index contributed by atoms with van der Waals surface area (Å²) in [4.78, 5) is 24.6. The van der Waals surface area contributed by atoms with E-state index < -0.39 is 18.4 Å². The number of para-hydroxylation sites is 1. The number of carbonyl (C=O) groups excluding carboxylic acids is 2. The summed E-state index contributed by atoms with van der Waals surface area (Å²) in [6.07, 6.45) is 0.236. The zero-order valence-electron chi connectivity index (χ0n) is 8.37. The molecule has 1 aromatic rings. The summed E-state index contributed by atoms with van der Waals surface area (Å²) >= 11 is 3.29. The first-order valence-electron chi connectivity index (χ1n) is 4.87. The number of hydrogen-bond donors (Lipinski definition) is 0. The van der Waals surface area contributed by atoms with Crippen molar-refractivity contribution >= 4 is 33.3 Å². The van der Waals surface area contributed by atoms with Crippen molar-refractivity contribution in [1.29, 1.82) is 0 Å². The molecule has 0 saturated heterocycles. The molecular weight excluding hydrogens is 277 g/mol. The molecular formula is C11H9BrFNO2. The molecule has 0 radical (unpaired) electrons. The van der Waals surface area contributed by atoms with Crippen molar-refractivity contribution < 1.29 is 14.0 Å². The van der Waals surface area contributed by atoms with E-state index in [0.29, 0.717) is 15.7 Å². The van der Waals surface area contributed by atoms with E-state index in [4.69, 9.17) is 0 Å². The van der Waals surface area contributed by atoms with E-state index in [0.717, 1.165) is 0 Å². The zero-order chi connectivity index (χ0) is 11.7. The molecule has 1 amide bonds. The summed E-state index contributed by atoms with van der Waals surface area (Å²) in [6.45, 7) is -0.269. The summed E-state index contributed by atoms with van der Waals surface area (Å²) in [5.74, 6) is -1.09. The second kappa shape index (κ2) is 4.33. The number of ketones is 1. The topological polar surface area (TPSA) is 37.4 Å². The minimum absolute atomic E-state index is 0.233. The van der Waals surface area contributed by atoms with Crippen LogP contribution in [-0.4, -0.2) is 24.9 Å². The molecule has 84 valence electrons. The van der Waals surface area contributed by atoms with Gasteiger partial charge >= 0.3 is 0 Å². The van der Waals surface area contributed by atoms with E-state index in [2.05, 4.69) is 15.9 Å². The lowest BCUT2D eigenvalue weighted by atomic mass is 10.1. The van der Waals surface area contributed by atoms with E-state index in [1.54, 1.807) is 18.2 Å². The average molecular weight is 286 g/mol. The monoisotopic (exact) mass is 285 g/mol. The van der Waals surface area contributed by atoms with E-state index in [1.807, 2.05) is 0 Å². The van der Waals surface area contributed by atoms with Gasteiger partial charge in [0.05, 0.1) is 17.9 Å². The number of rotatable bonds is 3. The molecule has 1 aliphatic heterocycles. The second-order valence-electron chi connectivity index (χ2n) is 3.46. The Labute approximate surface area is 100 Å². The number of Topliss-reactive ketones (excluding diaryl/α,β-unsaturated/α-hetero) is 1. The Bertz CT molecular complexity index is 461. The SMILES string of the molecule is O=C1C(=O)N(CCCF)c2c(Br)cccc21. The molecule has 5 heteroatoms. The van der Waals surface area contributed by atoms with Gasteiger partial charge in [0.1, 0.15) is 0 Å². The molecule has 0 bridgehead atoms. The third kappa shape index (κ3) is 1.65. The first-order valence-corrected chi connectivity index (χ1v) is 5.66. The number of anilines is 1. The smallest absolute Gasteiger partial charge is 0.299 e. The Hall–Kier alpha value is -1.23. The molecule has 0 atom stereocenters. The van der Waals surface area contributed by atoms with E-state index >= 15 is 0 Å². The molecule has 2 rings (SSSR count). The van der Waals surface area contributed by atoms with Gasteiger partial charge in [0.25, 0.3) is 11.7 Å². The fourth-order valence-corrected chi connectivity index (χ4v) is 2.32. The molecule has 1 heterocycles. The van der Waals surface area contributed by atoms with Crippen LogP contribution in [0.4, 0.5) is 10.1 Å². The number of alkyl halides is 1. The Morgan fingerprint density at radius 3 is 2.75 bits per heavy atom. The molecule has 0 aliphatic carbocycles. The number of hydrogen-bond acceptors (Lipinski definition) is 2. The van der Waals surface area contributed by atoms with Crippen LogP contribution in [0.15, 0.2) is 22.7 Å². The Kier molecular flexibility index (Phi) is 3.05. The maximum absolute atomic E-state index is 12.1. The first kappa shape index (κ1) is 11.3. The number of amides is 1. The minimum atomic E-state index is -0.574. The summed E-state index contributed by atoms with van der Waals surface area (Å²) in [5.41, 5.74) is 0.948. The predicted molar refractivity (Wildman–Crippen MR) is 61.4 cm³/mol. The van der Waals surface area contributed by atoms with Gasteiger partial charge in [-0.2, -0.15) is 0 Å². The highest BCUT2D eigenvalue weighted by molar-refractivity contribution is 9.10. The van der Waals surface area contributed by atoms with E-state index in [9.17, 15) is 14.0 Å². The van der Waals surface area contributed by atoms with Crippen LogP contribution in [0.2, 0.25) is 0 Å². The van der Waals surface area contributed by atoms with Gasteiger partial charge in [-0.15, -0.1) is 0 Å². The predicted octanol–water partition coefficient (Wildman–Crippen LogP) is 2.34. The van der Waals surface area contributed by atoms with Crippen LogP contribution in [0.25, 0.3) is 0 Å². The third-order valence-electron chi connectivity index (χ3n) is 2.46. The number of carbonyl (C=O) groups is 2. The van der Waals surface area contributed by atoms with Gasteiger partial charge in [0, 0.05) is 11.0 Å². The largest absolute Gasteiger partial charge is 0.304 e. The summed E-state index contributed by atoms with van der Waals surface area (Å²) in [7, 11) is 0. The van der Waals surface area contributed by atoms with Crippen molar-refractivity contribution in [2.75, 3.05) is 18.1 Å². The summed E-state index contributed by atoms with van der Waals surface area (Å²) in [6, 6.07) is 5.07. The van der Waals surface area contributed by atoms with Crippen LogP contribution in [-0.2, 0) is 4.79 Å². The number of benzene rings is 1. The van der Waals surface area contributed by atoms with Gasteiger partial charge in [-0.05, 0) is 34.5 Å². The van der Waals surface area contributed by atoms with Crippen molar-refractivity contribution in [3.05, 3.63) is 28.2 Å². The first-order chi connectivity index (χ1) is 7.66. The maximum atomic E-state index is 12.1. The van der Waals surface area contributed by atoms with Gasteiger partial charge in [-0.3, -0.25) is 14.0 Å². The molecule has 0 spiro atoms. The van der Waals surface area contributed by atoms with Crippen LogP contribution < -0.4 is 4.90 Å². The van der Waals surface area contributed by atoms with Gasteiger partial charge in [-0.25, -0.2) is 0 Å². The van der Waals surface area contributed by atoms with Crippen molar-refractivity contribution in [3.8, 4) is 0 Å². The maximum Gasteiger partial charge on any atom is 0.299 e. The van der Waals surface area contributed by atoms with Crippen LogP contribution in [0, 0.1) is 0 Å².